The van der Waals surface area contributed by atoms with Gasteiger partial charge in [-0.05, 0) is 43.5 Å². The molecule has 3 N–H and O–H groups in total. The second-order valence-corrected chi connectivity index (χ2v) is 8.76. The fourth-order valence-electron chi connectivity index (χ4n) is 3.70. The van der Waals surface area contributed by atoms with E-state index in [-0.39, 0.29) is 42.2 Å². The normalized spacial score (nSPS) is 16.0. The van der Waals surface area contributed by atoms with Gasteiger partial charge >= 0.3 is 18.2 Å². The number of aromatic amines is 1. The van der Waals surface area contributed by atoms with Crippen molar-refractivity contribution < 1.29 is 32.2 Å². The van der Waals surface area contributed by atoms with E-state index in [0.29, 0.717) is 11.1 Å². The van der Waals surface area contributed by atoms with Gasteiger partial charge in [0.25, 0.3) is 5.56 Å². The number of benzene rings is 2. The van der Waals surface area contributed by atoms with E-state index in [1.165, 1.54) is 55.1 Å². The number of ether oxygens (including phenoxy) is 2. The fourth-order valence-corrected chi connectivity index (χ4v) is 3.70. The number of nitrogens with zero attached hydrogens (tertiary/aromatic N) is 1. The highest BCUT2D eigenvalue weighted by Gasteiger charge is 2.35. The molecule has 1 aromatic heterocycles. The van der Waals surface area contributed by atoms with E-state index in [4.69, 9.17) is 15.2 Å². The molecule has 2 aromatic carbocycles. The summed E-state index contributed by atoms with van der Waals surface area (Å²) < 4.78 is 50.6. The molecule has 1 fully saturated rings. The van der Waals surface area contributed by atoms with Crippen LogP contribution >= 0.6 is 12.4 Å². The van der Waals surface area contributed by atoms with Crippen molar-refractivity contribution in [1.82, 2.24) is 4.98 Å². The number of esters is 1. The first-order valence-electron chi connectivity index (χ1n) is 10.6. The van der Waals surface area contributed by atoms with E-state index >= 15 is 0 Å². The average molecular weight is 526 g/mol. The number of aromatic nitrogens is 1. The SMILES string of the molecule is CC(C)(N)C(=O)OC[C@H]1CN(c2ccc3cc(-c4ccccc4C(F)(F)F)[nH]c(=O)c3c2)C(=O)O1.Cl. The van der Waals surface area contributed by atoms with Gasteiger partial charge in [0.1, 0.15) is 12.1 Å². The molecule has 1 saturated heterocycles. The Balaban J connectivity index is 0.00000361. The van der Waals surface area contributed by atoms with Gasteiger partial charge in [0, 0.05) is 22.3 Å². The van der Waals surface area contributed by atoms with Gasteiger partial charge in [-0.2, -0.15) is 13.2 Å². The maximum Gasteiger partial charge on any atom is 0.417 e. The van der Waals surface area contributed by atoms with Crippen LogP contribution in [0.5, 0.6) is 0 Å². The monoisotopic (exact) mass is 525 g/mol. The van der Waals surface area contributed by atoms with Crippen LogP contribution in [0.15, 0.2) is 53.3 Å². The molecule has 0 saturated carbocycles. The molecular weight excluding hydrogens is 503 g/mol. The highest BCUT2D eigenvalue weighted by molar-refractivity contribution is 5.95. The third-order valence-corrected chi connectivity index (χ3v) is 5.46. The van der Waals surface area contributed by atoms with Crippen LogP contribution in [0.3, 0.4) is 0 Å². The molecule has 0 radical (unpaired) electrons. The zero-order valence-corrected chi connectivity index (χ0v) is 20.0. The number of nitrogens with two attached hydrogens (primary N) is 1. The largest absolute Gasteiger partial charge is 0.460 e. The molecule has 12 heteroatoms. The van der Waals surface area contributed by atoms with Gasteiger partial charge in [0.15, 0.2) is 6.10 Å². The van der Waals surface area contributed by atoms with Crippen LogP contribution in [-0.4, -0.2) is 41.8 Å². The van der Waals surface area contributed by atoms with Crippen LogP contribution in [0.1, 0.15) is 19.4 Å². The number of hydrogen-bond donors (Lipinski definition) is 2. The van der Waals surface area contributed by atoms with E-state index in [2.05, 4.69) is 4.98 Å². The lowest BCUT2D eigenvalue weighted by Crippen LogP contribution is -2.44. The number of fused-ring (bicyclic) bond motifs is 1. The van der Waals surface area contributed by atoms with E-state index < -0.39 is 41.0 Å². The van der Waals surface area contributed by atoms with Crippen molar-refractivity contribution in [2.24, 2.45) is 5.73 Å². The van der Waals surface area contributed by atoms with Crippen molar-refractivity contribution in [3.63, 3.8) is 0 Å². The Bertz CT molecular complexity index is 1370. The highest BCUT2D eigenvalue weighted by atomic mass is 35.5. The summed E-state index contributed by atoms with van der Waals surface area (Å²) in [5.41, 5.74) is 3.23. The third-order valence-electron chi connectivity index (χ3n) is 5.46. The number of anilines is 1. The number of hydrogen-bond acceptors (Lipinski definition) is 6. The minimum Gasteiger partial charge on any atom is -0.460 e. The quantitative estimate of drug-likeness (QED) is 0.481. The number of alkyl halides is 3. The van der Waals surface area contributed by atoms with Crippen molar-refractivity contribution >= 4 is 40.9 Å². The average Bonchev–Trinajstić information content (AvgIpc) is 3.16. The van der Waals surface area contributed by atoms with E-state index in [1.807, 2.05) is 0 Å². The second kappa shape index (κ2) is 9.82. The summed E-state index contributed by atoms with van der Waals surface area (Å²) >= 11 is 0. The summed E-state index contributed by atoms with van der Waals surface area (Å²) in [4.78, 5) is 40.8. The highest BCUT2D eigenvalue weighted by Crippen LogP contribution is 2.36. The number of nitrogens with one attached hydrogen (secondary N) is 1. The summed E-state index contributed by atoms with van der Waals surface area (Å²) in [6.07, 6.45) is -6.01. The molecule has 0 aliphatic carbocycles. The smallest absolute Gasteiger partial charge is 0.417 e. The molecule has 8 nitrogen and oxygen atoms in total. The number of carbonyl (C=O) groups excluding carboxylic acids is 2. The van der Waals surface area contributed by atoms with Crippen LogP contribution in [0.25, 0.3) is 22.0 Å². The Morgan fingerprint density at radius 1 is 1.17 bits per heavy atom. The minimum atomic E-state index is -4.59. The summed E-state index contributed by atoms with van der Waals surface area (Å²) in [6, 6.07) is 11.0. The van der Waals surface area contributed by atoms with Crippen molar-refractivity contribution in [3.05, 3.63) is 64.4 Å². The number of carbonyl (C=O) groups is 2. The van der Waals surface area contributed by atoms with Crippen molar-refractivity contribution in [2.75, 3.05) is 18.1 Å². The molecule has 0 unspecified atom stereocenters. The summed E-state index contributed by atoms with van der Waals surface area (Å²) in [5, 5.41) is 0.580. The number of halogens is 4. The van der Waals surface area contributed by atoms with Gasteiger partial charge in [0.2, 0.25) is 0 Å². The Kier molecular flexibility index (Phi) is 7.37. The molecule has 1 atom stereocenters. The van der Waals surface area contributed by atoms with Gasteiger partial charge in [-0.3, -0.25) is 14.5 Å². The molecule has 4 rings (SSSR count). The van der Waals surface area contributed by atoms with Crippen LogP contribution in [0.4, 0.5) is 23.7 Å². The maximum absolute atomic E-state index is 13.4. The molecular formula is C24H23ClF3N3O5. The Labute approximate surface area is 209 Å². The van der Waals surface area contributed by atoms with Crippen LogP contribution < -0.4 is 16.2 Å². The lowest BCUT2D eigenvalue weighted by atomic mass is 10.0. The van der Waals surface area contributed by atoms with Gasteiger partial charge in [-0.1, -0.05) is 24.3 Å². The Morgan fingerprint density at radius 2 is 1.86 bits per heavy atom. The summed E-state index contributed by atoms with van der Waals surface area (Å²) in [7, 11) is 0. The first-order chi connectivity index (χ1) is 16.3. The zero-order chi connectivity index (χ0) is 25.5. The molecule has 1 aliphatic heterocycles. The van der Waals surface area contributed by atoms with Gasteiger partial charge < -0.3 is 20.2 Å². The molecule has 2 heterocycles. The third kappa shape index (κ3) is 5.47. The predicted octanol–water partition coefficient (Wildman–Crippen LogP) is 4.24. The van der Waals surface area contributed by atoms with Crippen LogP contribution in [0, 0.1) is 0 Å². The maximum atomic E-state index is 13.4. The van der Waals surface area contributed by atoms with Crippen LogP contribution in [0.2, 0.25) is 0 Å². The lowest BCUT2D eigenvalue weighted by Gasteiger charge is -2.18. The second-order valence-electron chi connectivity index (χ2n) is 8.76. The fraction of sp³-hybridized carbons (Fsp3) is 0.292. The van der Waals surface area contributed by atoms with E-state index in [0.717, 1.165) is 6.07 Å². The number of H-pyrrole nitrogens is 1. The molecule has 1 amide bonds. The van der Waals surface area contributed by atoms with E-state index in [9.17, 15) is 27.6 Å². The topological polar surface area (TPSA) is 115 Å². The van der Waals surface area contributed by atoms with Gasteiger partial charge in [-0.25, -0.2) is 4.79 Å². The number of cyclic esters (lactones) is 1. The zero-order valence-electron chi connectivity index (χ0n) is 19.2. The summed E-state index contributed by atoms with van der Waals surface area (Å²) in [6.45, 7) is 2.86. The van der Waals surface area contributed by atoms with Crippen molar-refractivity contribution in [3.8, 4) is 11.3 Å². The predicted molar refractivity (Wildman–Crippen MR) is 129 cm³/mol. The molecule has 192 valence electrons. The number of rotatable bonds is 5. The van der Waals surface area contributed by atoms with E-state index in [1.54, 1.807) is 6.07 Å². The van der Waals surface area contributed by atoms with Gasteiger partial charge in [0.05, 0.1) is 12.1 Å². The lowest BCUT2D eigenvalue weighted by molar-refractivity contribution is -0.151. The first-order valence-corrected chi connectivity index (χ1v) is 10.6. The number of pyridine rings is 1. The van der Waals surface area contributed by atoms with Crippen LogP contribution in [-0.2, 0) is 20.4 Å². The molecule has 1 aliphatic rings. The minimum absolute atomic E-state index is 0. The Hall–Kier alpha value is -3.57. The molecule has 0 bridgehead atoms. The molecule has 3 aromatic rings. The first kappa shape index (κ1) is 27.0. The molecule has 0 spiro atoms. The standard InChI is InChI=1S/C24H22F3N3O5.ClH/c1-23(2,28)21(32)34-12-15-11-30(22(33)35-15)14-8-7-13-9-19(29-20(31)17(13)10-14)16-5-3-4-6-18(16)24(25,26)27;/h3-10,15H,11-12,28H2,1-2H3,(H,29,31);1H/t15-;/m1./s1. The number of amides is 1. The summed E-state index contributed by atoms with van der Waals surface area (Å²) in [5.74, 6) is -0.646. The van der Waals surface area contributed by atoms with Crippen molar-refractivity contribution in [2.45, 2.75) is 31.7 Å². The van der Waals surface area contributed by atoms with Gasteiger partial charge in [-0.15, -0.1) is 12.4 Å². The molecule has 36 heavy (non-hydrogen) atoms. The Morgan fingerprint density at radius 3 is 2.53 bits per heavy atom. The van der Waals surface area contributed by atoms with Crippen molar-refractivity contribution in [1.29, 1.82) is 0 Å².